The van der Waals surface area contributed by atoms with Crippen molar-refractivity contribution in [3.8, 4) is 11.3 Å². The second-order valence-electron chi connectivity index (χ2n) is 7.14. The topological polar surface area (TPSA) is 54.9 Å². The van der Waals surface area contributed by atoms with Gasteiger partial charge in [-0.3, -0.25) is 0 Å². The SMILES string of the molecule is Cc1ccc(C)c(Nc2nccc(-c3cccc(CP(C)(C)=O)c3)n2)c1. The lowest BCUT2D eigenvalue weighted by atomic mass is 10.1. The lowest BCUT2D eigenvalue weighted by Gasteiger charge is -2.11. The maximum atomic E-state index is 12.1. The van der Waals surface area contributed by atoms with E-state index in [1.54, 1.807) is 6.20 Å². The van der Waals surface area contributed by atoms with Crippen LogP contribution in [-0.2, 0) is 10.7 Å². The van der Waals surface area contributed by atoms with Crippen molar-refractivity contribution in [1.82, 2.24) is 9.97 Å². The Morgan fingerprint density at radius 1 is 1.04 bits per heavy atom. The maximum absolute atomic E-state index is 12.1. The number of aromatic nitrogens is 2. The molecule has 1 heterocycles. The molecular formula is C21H24N3OP. The summed E-state index contributed by atoms with van der Waals surface area (Å²) in [5.41, 5.74) is 6.25. The fourth-order valence-electron chi connectivity index (χ4n) is 2.84. The quantitative estimate of drug-likeness (QED) is 0.596. The molecule has 0 amide bonds. The van der Waals surface area contributed by atoms with E-state index in [2.05, 4.69) is 53.4 Å². The Hall–Kier alpha value is -2.45. The number of benzene rings is 2. The van der Waals surface area contributed by atoms with Crippen molar-refractivity contribution in [1.29, 1.82) is 0 Å². The van der Waals surface area contributed by atoms with Crippen molar-refractivity contribution in [2.75, 3.05) is 18.6 Å². The molecule has 0 saturated carbocycles. The highest BCUT2D eigenvalue weighted by Gasteiger charge is 2.10. The molecule has 4 nitrogen and oxygen atoms in total. The van der Waals surface area contributed by atoms with Crippen LogP contribution in [0, 0.1) is 13.8 Å². The first-order valence-electron chi connectivity index (χ1n) is 8.61. The van der Waals surface area contributed by atoms with E-state index in [1.165, 1.54) is 5.56 Å². The van der Waals surface area contributed by atoms with Crippen LogP contribution in [0.15, 0.2) is 54.7 Å². The van der Waals surface area contributed by atoms with Crippen LogP contribution in [0.25, 0.3) is 11.3 Å². The third-order valence-electron chi connectivity index (χ3n) is 4.08. The summed E-state index contributed by atoms with van der Waals surface area (Å²) in [7, 11) is -2.11. The minimum Gasteiger partial charge on any atom is -0.324 e. The van der Waals surface area contributed by atoms with Crippen molar-refractivity contribution < 1.29 is 4.57 Å². The zero-order valence-corrected chi connectivity index (χ0v) is 16.5. The van der Waals surface area contributed by atoms with Crippen molar-refractivity contribution in [3.63, 3.8) is 0 Å². The van der Waals surface area contributed by atoms with Gasteiger partial charge >= 0.3 is 0 Å². The second kappa shape index (κ2) is 7.43. The molecular weight excluding hydrogens is 341 g/mol. The van der Waals surface area contributed by atoms with Gasteiger partial charge < -0.3 is 9.88 Å². The van der Waals surface area contributed by atoms with Crippen LogP contribution in [0.3, 0.4) is 0 Å². The molecule has 3 rings (SSSR count). The molecule has 26 heavy (non-hydrogen) atoms. The molecule has 134 valence electrons. The molecule has 3 aromatic rings. The monoisotopic (exact) mass is 365 g/mol. The van der Waals surface area contributed by atoms with E-state index in [-0.39, 0.29) is 0 Å². The normalized spacial score (nSPS) is 11.4. The van der Waals surface area contributed by atoms with E-state index in [4.69, 9.17) is 0 Å². The fraction of sp³-hybridized carbons (Fsp3) is 0.238. The van der Waals surface area contributed by atoms with Gasteiger partial charge in [-0.15, -0.1) is 0 Å². The molecule has 0 aliphatic heterocycles. The lowest BCUT2D eigenvalue weighted by Crippen LogP contribution is -2.00. The smallest absolute Gasteiger partial charge is 0.227 e. The first-order chi connectivity index (χ1) is 12.3. The molecule has 0 radical (unpaired) electrons. The number of hydrogen-bond acceptors (Lipinski definition) is 4. The summed E-state index contributed by atoms with van der Waals surface area (Å²) in [6.45, 7) is 7.75. The molecule has 0 atom stereocenters. The Labute approximate surface area is 155 Å². The molecule has 0 bridgehead atoms. The highest BCUT2D eigenvalue weighted by atomic mass is 31.2. The third kappa shape index (κ3) is 4.80. The van der Waals surface area contributed by atoms with E-state index in [0.717, 1.165) is 28.1 Å². The molecule has 5 heteroatoms. The van der Waals surface area contributed by atoms with Gasteiger partial charge in [0.25, 0.3) is 0 Å². The Bertz CT molecular complexity index is 978. The zero-order chi connectivity index (χ0) is 18.7. The summed E-state index contributed by atoms with van der Waals surface area (Å²) in [5.74, 6) is 0.568. The number of anilines is 2. The van der Waals surface area contributed by atoms with Gasteiger partial charge in [-0.25, -0.2) is 9.97 Å². The van der Waals surface area contributed by atoms with Crippen LogP contribution in [-0.4, -0.2) is 23.3 Å². The van der Waals surface area contributed by atoms with Gasteiger partial charge in [0.15, 0.2) is 0 Å². The van der Waals surface area contributed by atoms with E-state index < -0.39 is 7.14 Å². The summed E-state index contributed by atoms with van der Waals surface area (Å²) in [6, 6.07) is 16.2. The van der Waals surface area contributed by atoms with Gasteiger partial charge in [0, 0.05) is 23.6 Å². The Balaban J connectivity index is 1.89. The first kappa shape index (κ1) is 18.3. The molecule has 0 saturated heterocycles. The third-order valence-corrected chi connectivity index (χ3v) is 5.21. The summed E-state index contributed by atoms with van der Waals surface area (Å²) in [6.07, 6.45) is 2.35. The van der Waals surface area contributed by atoms with Crippen LogP contribution in [0.5, 0.6) is 0 Å². The average Bonchev–Trinajstić information content (AvgIpc) is 2.57. The van der Waals surface area contributed by atoms with Gasteiger partial charge in [0.1, 0.15) is 0 Å². The molecule has 0 aliphatic rings. The van der Waals surface area contributed by atoms with Crippen LogP contribution >= 0.6 is 7.14 Å². The number of hydrogen-bond donors (Lipinski definition) is 1. The van der Waals surface area contributed by atoms with Crippen molar-refractivity contribution >= 4 is 18.8 Å². The van der Waals surface area contributed by atoms with E-state index >= 15 is 0 Å². The van der Waals surface area contributed by atoms with Gasteiger partial charge in [0.2, 0.25) is 5.95 Å². The predicted octanol–water partition coefficient (Wildman–Crippen LogP) is 5.63. The van der Waals surface area contributed by atoms with E-state index in [9.17, 15) is 4.57 Å². The zero-order valence-electron chi connectivity index (χ0n) is 15.7. The number of nitrogens with zero attached hydrogens (tertiary/aromatic N) is 2. The van der Waals surface area contributed by atoms with Crippen molar-refractivity contribution in [2.24, 2.45) is 0 Å². The molecule has 0 unspecified atom stereocenters. The molecule has 0 aliphatic carbocycles. The summed E-state index contributed by atoms with van der Waals surface area (Å²) < 4.78 is 12.1. The van der Waals surface area contributed by atoms with Crippen LogP contribution in [0.1, 0.15) is 16.7 Å². The van der Waals surface area contributed by atoms with Gasteiger partial charge in [-0.2, -0.15) is 0 Å². The number of aryl methyl sites for hydroxylation is 2. The summed E-state index contributed by atoms with van der Waals surface area (Å²) in [5, 5.41) is 3.31. The lowest BCUT2D eigenvalue weighted by molar-refractivity contribution is 0.582. The highest BCUT2D eigenvalue weighted by Crippen LogP contribution is 2.40. The van der Waals surface area contributed by atoms with E-state index in [0.29, 0.717) is 12.1 Å². The minimum atomic E-state index is -2.11. The van der Waals surface area contributed by atoms with Gasteiger partial charge in [-0.1, -0.05) is 30.3 Å². The summed E-state index contributed by atoms with van der Waals surface area (Å²) >= 11 is 0. The fourth-order valence-corrected chi connectivity index (χ4v) is 3.92. The Morgan fingerprint density at radius 3 is 2.62 bits per heavy atom. The molecule has 0 spiro atoms. The van der Waals surface area contributed by atoms with Gasteiger partial charge in [0.05, 0.1) is 12.8 Å². The molecule has 1 N–H and O–H groups in total. The number of nitrogens with one attached hydrogen (secondary N) is 1. The molecule has 1 aromatic heterocycles. The average molecular weight is 365 g/mol. The summed E-state index contributed by atoms with van der Waals surface area (Å²) in [4.78, 5) is 9.00. The predicted molar refractivity (Wildman–Crippen MR) is 110 cm³/mol. The standard InChI is InChI=1S/C21H24N3OP/c1-15-8-9-16(2)20(12-15)24-21-22-11-10-19(23-21)18-7-5-6-17(13-18)14-26(3,4)25/h5-13H,14H2,1-4H3,(H,22,23,24). The van der Waals surface area contributed by atoms with Crippen LogP contribution in [0.4, 0.5) is 11.6 Å². The number of rotatable bonds is 5. The highest BCUT2D eigenvalue weighted by molar-refractivity contribution is 7.61. The second-order valence-corrected chi connectivity index (χ2v) is 10.6. The Morgan fingerprint density at radius 2 is 1.85 bits per heavy atom. The largest absolute Gasteiger partial charge is 0.324 e. The van der Waals surface area contributed by atoms with Gasteiger partial charge in [-0.05, 0) is 62.1 Å². The van der Waals surface area contributed by atoms with E-state index in [1.807, 2.05) is 37.6 Å². The minimum absolute atomic E-state index is 0.568. The van der Waals surface area contributed by atoms with Crippen molar-refractivity contribution in [2.45, 2.75) is 20.0 Å². The Kier molecular flexibility index (Phi) is 5.24. The maximum Gasteiger partial charge on any atom is 0.227 e. The first-order valence-corrected chi connectivity index (χ1v) is 11.4. The van der Waals surface area contributed by atoms with Crippen molar-refractivity contribution in [3.05, 3.63) is 71.4 Å². The molecule has 0 fully saturated rings. The molecule has 2 aromatic carbocycles. The van der Waals surface area contributed by atoms with Crippen LogP contribution in [0.2, 0.25) is 0 Å². The van der Waals surface area contributed by atoms with Crippen LogP contribution < -0.4 is 5.32 Å².